The van der Waals surface area contributed by atoms with Crippen molar-refractivity contribution >= 4 is 11.8 Å². The van der Waals surface area contributed by atoms with Gasteiger partial charge in [0.25, 0.3) is 11.8 Å². The van der Waals surface area contributed by atoms with Gasteiger partial charge in [-0.05, 0) is 41.8 Å². The fraction of sp³-hybridized carbons (Fsp3) is 0.269. The molecule has 0 fully saturated rings. The summed E-state index contributed by atoms with van der Waals surface area (Å²) in [5, 5.41) is 23.4. The fourth-order valence-electron chi connectivity index (χ4n) is 3.82. The molecule has 2 amide bonds. The van der Waals surface area contributed by atoms with Crippen molar-refractivity contribution in [3.63, 3.8) is 0 Å². The van der Waals surface area contributed by atoms with Gasteiger partial charge in [-0.2, -0.15) is 0 Å². The lowest BCUT2D eigenvalue weighted by Crippen LogP contribution is -2.50. The third-order valence-electron chi connectivity index (χ3n) is 5.78. The van der Waals surface area contributed by atoms with Gasteiger partial charge >= 0.3 is 0 Å². The van der Waals surface area contributed by atoms with Gasteiger partial charge in [0, 0.05) is 12.7 Å². The van der Waals surface area contributed by atoms with Crippen molar-refractivity contribution in [3.8, 4) is 5.75 Å². The lowest BCUT2D eigenvalue weighted by Gasteiger charge is -2.24. The Morgan fingerprint density at radius 1 is 1.03 bits per heavy atom. The molecule has 8 nitrogen and oxygen atoms in total. The van der Waals surface area contributed by atoms with Crippen molar-refractivity contribution in [2.45, 2.75) is 44.9 Å². The van der Waals surface area contributed by atoms with Crippen LogP contribution < -0.4 is 10.1 Å². The van der Waals surface area contributed by atoms with Crippen molar-refractivity contribution in [1.82, 2.24) is 15.2 Å². The lowest BCUT2D eigenvalue weighted by atomic mass is 10.1. The zero-order valence-electron chi connectivity index (χ0n) is 18.8. The largest absolute Gasteiger partial charge is 0.489 e. The summed E-state index contributed by atoms with van der Waals surface area (Å²) in [6.45, 7) is 2.66. The second-order valence-corrected chi connectivity index (χ2v) is 8.27. The summed E-state index contributed by atoms with van der Waals surface area (Å²) < 4.78 is 5.83. The molecule has 34 heavy (non-hydrogen) atoms. The fourth-order valence-corrected chi connectivity index (χ4v) is 3.82. The monoisotopic (exact) mass is 461 g/mol. The van der Waals surface area contributed by atoms with E-state index >= 15 is 0 Å². The summed E-state index contributed by atoms with van der Waals surface area (Å²) in [5.74, 6) is -0.913. The number of hydrogen-bond donors (Lipinski definition) is 3. The maximum absolute atomic E-state index is 12.6. The molecule has 0 saturated heterocycles. The van der Waals surface area contributed by atoms with Gasteiger partial charge in [0.2, 0.25) is 0 Å². The quantitative estimate of drug-likeness (QED) is 0.474. The van der Waals surface area contributed by atoms with E-state index in [1.165, 1.54) is 4.90 Å². The average molecular weight is 462 g/mol. The van der Waals surface area contributed by atoms with E-state index in [1.807, 2.05) is 54.6 Å². The first-order valence-corrected chi connectivity index (χ1v) is 11.1. The Morgan fingerprint density at radius 2 is 1.82 bits per heavy atom. The molecule has 0 spiro atoms. The van der Waals surface area contributed by atoms with E-state index < -0.39 is 30.1 Å². The van der Waals surface area contributed by atoms with E-state index in [0.29, 0.717) is 12.4 Å². The molecule has 2 aromatic carbocycles. The second kappa shape index (κ2) is 10.5. The van der Waals surface area contributed by atoms with Crippen molar-refractivity contribution in [1.29, 1.82) is 0 Å². The molecule has 8 heteroatoms. The first-order chi connectivity index (χ1) is 16.4. The Morgan fingerprint density at radius 3 is 2.59 bits per heavy atom. The third-order valence-corrected chi connectivity index (χ3v) is 5.78. The predicted molar refractivity (Wildman–Crippen MR) is 124 cm³/mol. The number of aromatic nitrogens is 1. The average Bonchev–Trinajstić information content (AvgIpc) is 3.31. The Bertz CT molecular complexity index is 1130. The normalized spacial score (nSPS) is 15.2. The van der Waals surface area contributed by atoms with Crippen LogP contribution in [0.5, 0.6) is 5.75 Å². The number of rotatable bonds is 8. The van der Waals surface area contributed by atoms with E-state index in [-0.39, 0.29) is 13.1 Å². The minimum Gasteiger partial charge on any atom is -0.489 e. The van der Waals surface area contributed by atoms with E-state index in [4.69, 9.17) is 4.74 Å². The molecule has 1 aliphatic rings. The van der Waals surface area contributed by atoms with Gasteiger partial charge in [0.05, 0.1) is 18.3 Å². The Hall–Kier alpha value is -3.75. The van der Waals surface area contributed by atoms with E-state index in [2.05, 4.69) is 10.3 Å². The first kappa shape index (κ1) is 23.4. The van der Waals surface area contributed by atoms with E-state index in [9.17, 15) is 19.8 Å². The molecule has 0 saturated carbocycles. The second-order valence-electron chi connectivity index (χ2n) is 8.27. The minimum absolute atomic E-state index is 0.229. The molecule has 3 unspecified atom stereocenters. The van der Waals surface area contributed by atoms with Gasteiger partial charge in [-0.25, -0.2) is 0 Å². The number of aliphatic hydroxyl groups excluding tert-OH is 2. The van der Waals surface area contributed by atoms with Gasteiger partial charge in [0.1, 0.15) is 12.4 Å². The molecule has 1 aromatic heterocycles. The number of hydrogen-bond acceptors (Lipinski definition) is 6. The number of pyridine rings is 1. The predicted octanol–water partition coefficient (Wildman–Crippen LogP) is 2.10. The van der Waals surface area contributed by atoms with E-state index in [1.54, 1.807) is 25.3 Å². The van der Waals surface area contributed by atoms with Crippen LogP contribution in [0.25, 0.3) is 0 Å². The zero-order chi connectivity index (χ0) is 24.1. The SMILES string of the molecule is CC(NC(=O)C(O)C(O)C(=O)N1Cc2cccnc2C1)c1cccc(OCc2ccccc2)c1. The summed E-state index contributed by atoms with van der Waals surface area (Å²) >= 11 is 0. The minimum atomic E-state index is -1.90. The standard InChI is InChI=1S/C26H27N3O5/c1-17(19-9-5-11-21(13-19)34-16-18-7-3-2-4-8-18)28-25(32)23(30)24(31)26(33)29-14-20-10-6-12-27-22(20)15-29/h2-13,17,23-24,30-31H,14-16H2,1H3,(H,28,32). The topological polar surface area (TPSA) is 112 Å². The number of nitrogens with one attached hydrogen (secondary N) is 1. The number of aliphatic hydroxyl groups is 2. The summed E-state index contributed by atoms with van der Waals surface area (Å²) in [5.41, 5.74) is 3.41. The van der Waals surface area contributed by atoms with Crippen LogP contribution in [0, 0.1) is 0 Å². The number of ether oxygens (including phenoxy) is 1. The van der Waals surface area contributed by atoms with Crippen molar-refractivity contribution < 1.29 is 24.5 Å². The van der Waals surface area contributed by atoms with Crippen LogP contribution in [0.1, 0.15) is 35.3 Å². The van der Waals surface area contributed by atoms with Crippen LogP contribution in [-0.2, 0) is 29.3 Å². The van der Waals surface area contributed by atoms with E-state index in [0.717, 1.165) is 22.4 Å². The highest BCUT2D eigenvalue weighted by Crippen LogP contribution is 2.22. The van der Waals surface area contributed by atoms with Crippen LogP contribution in [0.3, 0.4) is 0 Å². The highest BCUT2D eigenvalue weighted by Gasteiger charge is 2.36. The van der Waals surface area contributed by atoms with Gasteiger partial charge in [0.15, 0.2) is 12.2 Å². The van der Waals surface area contributed by atoms with Crippen LogP contribution in [0.15, 0.2) is 72.9 Å². The molecule has 3 atom stereocenters. The molecule has 0 aliphatic carbocycles. The third kappa shape index (κ3) is 5.41. The van der Waals surface area contributed by atoms with Crippen molar-refractivity contribution in [2.75, 3.05) is 0 Å². The highest BCUT2D eigenvalue weighted by molar-refractivity contribution is 5.91. The number of fused-ring (bicyclic) bond motifs is 1. The van der Waals surface area contributed by atoms with Gasteiger partial charge in [-0.15, -0.1) is 0 Å². The maximum atomic E-state index is 12.6. The molecule has 2 heterocycles. The Kier molecular flexibility index (Phi) is 7.20. The molecule has 3 N–H and O–H groups in total. The summed E-state index contributed by atoms with van der Waals surface area (Å²) in [7, 11) is 0. The van der Waals surface area contributed by atoms with Gasteiger partial charge in [-0.1, -0.05) is 48.5 Å². The zero-order valence-corrected chi connectivity index (χ0v) is 18.8. The first-order valence-electron chi connectivity index (χ1n) is 11.1. The number of benzene rings is 2. The number of carbonyl (C=O) groups is 2. The molecular weight excluding hydrogens is 434 g/mol. The molecule has 1 aliphatic heterocycles. The summed E-state index contributed by atoms with van der Waals surface area (Å²) in [6.07, 6.45) is -2.14. The molecule has 4 rings (SSSR count). The van der Waals surface area contributed by atoms with Crippen LogP contribution in [0.2, 0.25) is 0 Å². The summed E-state index contributed by atoms with van der Waals surface area (Å²) in [4.78, 5) is 30.8. The smallest absolute Gasteiger partial charge is 0.255 e. The molecule has 3 aromatic rings. The molecule has 0 radical (unpaired) electrons. The highest BCUT2D eigenvalue weighted by atomic mass is 16.5. The Balaban J connectivity index is 1.32. The Labute approximate surface area is 197 Å². The maximum Gasteiger partial charge on any atom is 0.255 e. The number of nitrogens with zero attached hydrogens (tertiary/aromatic N) is 2. The number of amides is 2. The van der Waals surface area contributed by atoms with Crippen LogP contribution in [-0.4, -0.2) is 44.1 Å². The molecular formula is C26H27N3O5. The van der Waals surface area contributed by atoms with Crippen LogP contribution >= 0.6 is 0 Å². The summed E-state index contributed by atoms with van der Waals surface area (Å²) in [6, 6.07) is 20.2. The van der Waals surface area contributed by atoms with Gasteiger partial charge < -0.3 is 25.2 Å². The van der Waals surface area contributed by atoms with Gasteiger partial charge in [-0.3, -0.25) is 14.6 Å². The molecule has 176 valence electrons. The van der Waals surface area contributed by atoms with Crippen molar-refractivity contribution in [2.24, 2.45) is 0 Å². The lowest BCUT2D eigenvalue weighted by molar-refractivity contribution is -0.153. The number of carbonyl (C=O) groups excluding carboxylic acids is 2. The van der Waals surface area contributed by atoms with Crippen molar-refractivity contribution in [3.05, 3.63) is 95.3 Å². The van der Waals surface area contributed by atoms with Crippen LogP contribution in [0.4, 0.5) is 0 Å². The molecule has 0 bridgehead atoms.